The average Bonchev–Trinajstić information content (AvgIpc) is 2.62. The third kappa shape index (κ3) is 3.42. The summed E-state index contributed by atoms with van der Waals surface area (Å²) < 4.78 is 46.1. The second-order valence-corrected chi connectivity index (χ2v) is 6.24. The van der Waals surface area contributed by atoms with Gasteiger partial charge in [-0.25, -0.2) is 0 Å². The minimum Gasteiger partial charge on any atom is -0.497 e. The maximum atomic E-state index is 13.7. The second kappa shape index (κ2) is 6.73. The van der Waals surface area contributed by atoms with Crippen molar-refractivity contribution in [2.24, 2.45) is 0 Å². The summed E-state index contributed by atoms with van der Waals surface area (Å²) in [4.78, 5) is 0. The molecule has 0 atom stereocenters. The van der Waals surface area contributed by atoms with Gasteiger partial charge in [-0.05, 0) is 41.7 Å². The number of nitrogen functional groups attached to an aromatic ring is 1. The van der Waals surface area contributed by atoms with E-state index in [4.69, 9.17) is 10.5 Å². The lowest BCUT2D eigenvalue weighted by molar-refractivity contribution is -0.137. The Kier molecular flexibility index (Phi) is 4.73. The summed E-state index contributed by atoms with van der Waals surface area (Å²) in [7, 11) is 1.27. The number of methoxy groups -OCH3 is 1. The molecule has 0 saturated carbocycles. The standard InChI is InChI=1S/C18H17BF3N3O2/c1-9-12-6-10(4-5-11(12)17(23)25-24-9)13-7-15(19(2)26)16(27-3)8-14(13)18(20,21)22/h4-8,26H,1-3H3,(H2,23,25). The molecule has 0 unspecified atom stereocenters. The normalized spacial score (nSPS) is 11.7. The zero-order valence-corrected chi connectivity index (χ0v) is 14.9. The maximum absolute atomic E-state index is 13.7. The van der Waals surface area contributed by atoms with Crippen LogP contribution >= 0.6 is 0 Å². The first-order chi connectivity index (χ1) is 12.6. The van der Waals surface area contributed by atoms with Crippen LogP contribution in [0.1, 0.15) is 11.3 Å². The number of fused-ring (bicyclic) bond motifs is 1. The molecular formula is C18H17BF3N3O2. The second-order valence-electron chi connectivity index (χ2n) is 6.24. The molecule has 3 rings (SSSR count). The highest BCUT2D eigenvalue weighted by molar-refractivity contribution is 6.66. The van der Waals surface area contributed by atoms with E-state index in [0.29, 0.717) is 22.0 Å². The van der Waals surface area contributed by atoms with Gasteiger partial charge in [-0.2, -0.15) is 18.3 Å². The van der Waals surface area contributed by atoms with Gasteiger partial charge in [0.2, 0.25) is 0 Å². The summed E-state index contributed by atoms with van der Waals surface area (Å²) in [5, 5.41) is 18.9. The number of nitrogens with zero attached hydrogens (tertiary/aromatic N) is 2. The highest BCUT2D eigenvalue weighted by atomic mass is 19.4. The van der Waals surface area contributed by atoms with Crippen molar-refractivity contribution in [2.45, 2.75) is 19.9 Å². The molecule has 0 bridgehead atoms. The number of ether oxygens (including phenoxy) is 1. The van der Waals surface area contributed by atoms with Crippen molar-refractivity contribution in [1.82, 2.24) is 10.2 Å². The lowest BCUT2D eigenvalue weighted by Gasteiger charge is -2.18. The molecule has 0 amide bonds. The van der Waals surface area contributed by atoms with E-state index in [1.807, 2.05) is 0 Å². The molecule has 0 fully saturated rings. The predicted octanol–water partition coefficient (Wildman–Crippen LogP) is 3.04. The van der Waals surface area contributed by atoms with E-state index in [9.17, 15) is 18.2 Å². The van der Waals surface area contributed by atoms with Gasteiger partial charge in [0.1, 0.15) is 5.75 Å². The zero-order chi connectivity index (χ0) is 19.9. The van der Waals surface area contributed by atoms with Gasteiger partial charge in [0, 0.05) is 10.8 Å². The van der Waals surface area contributed by atoms with Crippen LogP contribution in [0.4, 0.5) is 19.0 Å². The average molecular weight is 375 g/mol. The molecule has 27 heavy (non-hydrogen) atoms. The Bertz CT molecular complexity index is 1020. The van der Waals surface area contributed by atoms with Gasteiger partial charge in [-0.15, -0.1) is 5.10 Å². The van der Waals surface area contributed by atoms with Crippen molar-refractivity contribution in [1.29, 1.82) is 0 Å². The van der Waals surface area contributed by atoms with Crippen molar-refractivity contribution in [3.8, 4) is 16.9 Å². The number of nitrogens with two attached hydrogens (primary N) is 1. The summed E-state index contributed by atoms with van der Waals surface area (Å²) in [5.74, 6) is 0.186. The molecule has 0 aliphatic rings. The molecular weight excluding hydrogens is 358 g/mol. The molecule has 0 aliphatic carbocycles. The van der Waals surface area contributed by atoms with Gasteiger partial charge in [0.15, 0.2) is 5.82 Å². The molecule has 3 aromatic rings. The van der Waals surface area contributed by atoms with Crippen molar-refractivity contribution in [3.05, 3.63) is 41.6 Å². The van der Waals surface area contributed by atoms with Crippen LogP contribution < -0.4 is 15.9 Å². The molecule has 1 heterocycles. The van der Waals surface area contributed by atoms with Crippen LogP contribution in [0.2, 0.25) is 6.82 Å². The van der Waals surface area contributed by atoms with E-state index in [2.05, 4.69) is 10.2 Å². The molecule has 0 aliphatic heterocycles. The van der Waals surface area contributed by atoms with Crippen molar-refractivity contribution < 1.29 is 22.9 Å². The highest BCUT2D eigenvalue weighted by Crippen LogP contribution is 2.39. The molecule has 0 spiro atoms. The Morgan fingerprint density at radius 1 is 1.11 bits per heavy atom. The van der Waals surface area contributed by atoms with Gasteiger partial charge in [-0.3, -0.25) is 0 Å². The van der Waals surface area contributed by atoms with Crippen molar-refractivity contribution >= 4 is 29.0 Å². The van der Waals surface area contributed by atoms with Crippen LogP contribution in [0.25, 0.3) is 21.9 Å². The molecule has 9 heteroatoms. The van der Waals surface area contributed by atoms with E-state index in [-0.39, 0.29) is 22.6 Å². The minimum atomic E-state index is -4.60. The van der Waals surface area contributed by atoms with E-state index in [1.165, 1.54) is 20.0 Å². The van der Waals surface area contributed by atoms with Gasteiger partial charge < -0.3 is 15.5 Å². The van der Waals surface area contributed by atoms with E-state index in [0.717, 1.165) is 6.07 Å². The largest absolute Gasteiger partial charge is 0.497 e. The Labute approximate surface area is 154 Å². The molecule has 1 aromatic heterocycles. The summed E-state index contributed by atoms with van der Waals surface area (Å²) >= 11 is 0. The Morgan fingerprint density at radius 3 is 2.41 bits per heavy atom. The molecule has 0 saturated heterocycles. The third-order valence-electron chi connectivity index (χ3n) is 4.43. The Balaban J connectivity index is 2.34. The third-order valence-corrected chi connectivity index (χ3v) is 4.43. The number of aryl methyl sites for hydroxylation is 1. The minimum absolute atomic E-state index is 0.0202. The van der Waals surface area contributed by atoms with Crippen LogP contribution in [0, 0.1) is 6.92 Å². The van der Waals surface area contributed by atoms with Crippen molar-refractivity contribution in [3.63, 3.8) is 0 Å². The van der Waals surface area contributed by atoms with Crippen LogP contribution in [-0.2, 0) is 6.18 Å². The van der Waals surface area contributed by atoms with Gasteiger partial charge in [0.05, 0.1) is 18.4 Å². The zero-order valence-electron chi connectivity index (χ0n) is 14.9. The lowest BCUT2D eigenvalue weighted by atomic mass is 9.63. The van der Waals surface area contributed by atoms with Gasteiger partial charge in [0.25, 0.3) is 0 Å². The number of alkyl halides is 3. The quantitative estimate of drug-likeness (QED) is 0.688. The number of benzene rings is 2. The Morgan fingerprint density at radius 2 is 1.81 bits per heavy atom. The SMILES string of the molecule is COc1cc(C(F)(F)F)c(-c2ccc3c(N)nnc(C)c3c2)cc1B(C)O. The number of hydrogen-bond acceptors (Lipinski definition) is 5. The van der Waals surface area contributed by atoms with E-state index in [1.54, 1.807) is 25.1 Å². The first kappa shape index (κ1) is 19.0. The van der Waals surface area contributed by atoms with E-state index < -0.39 is 18.7 Å². The Hall–Kier alpha value is -2.81. The number of hydrogen-bond donors (Lipinski definition) is 2. The fourth-order valence-electron chi connectivity index (χ4n) is 3.04. The highest BCUT2D eigenvalue weighted by Gasteiger charge is 2.35. The fraction of sp³-hybridized carbons (Fsp3) is 0.222. The molecule has 2 aromatic carbocycles. The number of rotatable bonds is 3. The number of aromatic nitrogens is 2. The fourth-order valence-corrected chi connectivity index (χ4v) is 3.04. The summed E-state index contributed by atoms with van der Waals surface area (Å²) in [6.07, 6.45) is -4.60. The van der Waals surface area contributed by atoms with Crippen molar-refractivity contribution in [2.75, 3.05) is 12.8 Å². The number of anilines is 1. The summed E-state index contributed by atoms with van der Waals surface area (Å²) in [6.45, 7) is 2.18. The predicted molar refractivity (Wildman–Crippen MR) is 99.1 cm³/mol. The molecule has 140 valence electrons. The smallest absolute Gasteiger partial charge is 0.417 e. The first-order valence-corrected chi connectivity index (χ1v) is 8.13. The molecule has 3 N–H and O–H groups in total. The van der Waals surface area contributed by atoms with E-state index >= 15 is 0 Å². The summed E-state index contributed by atoms with van der Waals surface area (Å²) in [6, 6.07) is 6.98. The monoisotopic (exact) mass is 375 g/mol. The summed E-state index contributed by atoms with van der Waals surface area (Å²) in [5.41, 5.74) is 6.05. The number of halogens is 3. The van der Waals surface area contributed by atoms with Crippen LogP contribution in [0.3, 0.4) is 0 Å². The topological polar surface area (TPSA) is 81.3 Å². The van der Waals surface area contributed by atoms with Crippen LogP contribution in [-0.4, -0.2) is 29.2 Å². The molecule has 0 radical (unpaired) electrons. The molecule has 5 nitrogen and oxygen atoms in total. The maximum Gasteiger partial charge on any atom is 0.417 e. The lowest BCUT2D eigenvalue weighted by Crippen LogP contribution is -2.29. The van der Waals surface area contributed by atoms with Gasteiger partial charge >= 0.3 is 13.1 Å². The van der Waals surface area contributed by atoms with Gasteiger partial charge in [-0.1, -0.05) is 19.0 Å². The van der Waals surface area contributed by atoms with Crippen LogP contribution in [0.5, 0.6) is 5.75 Å². The van der Waals surface area contributed by atoms with Crippen LogP contribution in [0.15, 0.2) is 30.3 Å². The first-order valence-electron chi connectivity index (χ1n) is 8.13.